The van der Waals surface area contributed by atoms with Crippen molar-refractivity contribution in [2.45, 2.75) is 22.8 Å². The van der Waals surface area contributed by atoms with Crippen molar-refractivity contribution in [1.82, 2.24) is 5.32 Å². The molecule has 0 unspecified atom stereocenters. The molecule has 2 heterocycles. The van der Waals surface area contributed by atoms with Crippen LogP contribution in [0.25, 0.3) is 11.0 Å². The summed E-state index contributed by atoms with van der Waals surface area (Å²) < 4.78 is 51.1. The first-order chi connectivity index (χ1) is 12.0. The topological polar surface area (TPSA) is 68.5 Å². The highest BCUT2D eigenvalue weighted by Crippen LogP contribution is 2.38. The highest BCUT2D eigenvalue weighted by atomic mass is 32.2. The van der Waals surface area contributed by atoms with Crippen LogP contribution in [0.5, 0.6) is 5.75 Å². The lowest BCUT2D eigenvalue weighted by atomic mass is 10.1. The van der Waals surface area contributed by atoms with E-state index >= 15 is 0 Å². The Balaban J connectivity index is 1.98. The number of nitrogens with one attached hydrogen (secondary N) is 1. The summed E-state index contributed by atoms with van der Waals surface area (Å²) >= 11 is 0. The molecule has 0 aliphatic carbocycles. The molecule has 3 aromatic rings. The van der Waals surface area contributed by atoms with Gasteiger partial charge in [0.05, 0.1) is 12.0 Å². The first-order valence-corrected chi connectivity index (χ1v) is 9.33. The van der Waals surface area contributed by atoms with Crippen LogP contribution in [-0.2, 0) is 22.8 Å². The molecule has 0 saturated heterocycles. The number of hydrogen-bond acceptors (Lipinski definition) is 5. The molecule has 130 valence electrons. The van der Waals surface area contributed by atoms with Crippen LogP contribution in [0.1, 0.15) is 11.3 Å². The van der Waals surface area contributed by atoms with E-state index in [2.05, 4.69) is 5.32 Å². The second-order valence-electron chi connectivity index (χ2n) is 5.87. The number of sulfone groups is 1. The monoisotopic (exact) mass is 361 g/mol. The Labute approximate surface area is 144 Å². The zero-order valence-electron chi connectivity index (χ0n) is 13.5. The Morgan fingerprint density at radius 1 is 1.24 bits per heavy atom. The average Bonchev–Trinajstić information content (AvgIpc) is 3.00. The Bertz CT molecular complexity index is 1070. The summed E-state index contributed by atoms with van der Waals surface area (Å²) in [4.78, 5) is -0.372. The maximum Gasteiger partial charge on any atom is 0.209 e. The van der Waals surface area contributed by atoms with E-state index in [1.165, 1.54) is 37.4 Å². The maximum atomic E-state index is 14.0. The molecular weight excluding hydrogens is 345 g/mol. The van der Waals surface area contributed by atoms with Crippen LogP contribution in [0.4, 0.5) is 4.39 Å². The zero-order valence-corrected chi connectivity index (χ0v) is 14.3. The second-order valence-corrected chi connectivity index (χ2v) is 7.78. The van der Waals surface area contributed by atoms with E-state index in [0.717, 1.165) is 30.4 Å². The van der Waals surface area contributed by atoms with Crippen LogP contribution in [-0.4, -0.2) is 22.1 Å². The summed E-state index contributed by atoms with van der Waals surface area (Å²) in [6, 6.07) is 8.26. The molecule has 2 aromatic carbocycles. The molecule has 4 rings (SSSR count). The van der Waals surface area contributed by atoms with Crippen molar-refractivity contribution >= 4 is 20.8 Å². The third kappa shape index (κ3) is 2.51. The first kappa shape index (κ1) is 16.1. The molecule has 7 heteroatoms. The smallest absolute Gasteiger partial charge is 0.209 e. The molecule has 0 spiro atoms. The van der Waals surface area contributed by atoms with Crippen molar-refractivity contribution in [2.24, 2.45) is 0 Å². The summed E-state index contributed by atoms with van der Waals surface area (Å²) in [5.41, 5.74) is 1.44. The molecule has 0 radical (unpaired) electrons. The van der Waals surface area contributed by atoms with Gasteiger partial charge in [0.1, 0.15) is 16.5 Å². The highest BCUT2D eigenvalue weighted by molar-refractivity contribution is 7.91. The fraction of sp³-hybridized carbons (Fsp3) is 0.222. The molecule has 0 fully saturated rings. The van der Waals surface area contributed by atoms with E-state index in [9.17, 15) is 12.8 Å². The van der Waals surface area contributed by atoms with E-state index < -0.39 is 15.7 Å². The molecular formula is C18H16FNO4S. The summed E-state index contributed by atoms with van der Waals surface area (Å²) in [6.45, 7) is 1.39. The third-order valence-electron chi connectivity index (χ3n) is 4.40. The molecule has 1 aromatic heterocycles. The van der Waals surface area contributed by atoms with Crippen molar-refractivity contribution in [3.8, 4) is 5.75 Å². The van der Waals surface area contributed by atoms with Crippen molar-refractivity contribution < 1.29 is 22.0 Å². The van der Waals surface area contributed by atoms with Gasteiger partial charge in [-0.15, -0.1) is 0 Å². The van der Waals surface area contributed by atoms with E-state index in [-0.39, 0.29) is 9.79 Å². The number of rotatable bonds is 3. The predicted molar refractivity (Wildman–Crippen MR) is 90.0 cm³/mol. The minimum atomic E-state index is -4.02. The molecule has 5 nitrogen and oxygen atoms in total. The molecule has 0 amide bonds. The van der Waals surface area contributed by atoms with Gasteiger partial charge in [0.25, 0.3) is 0 Å². The number of methoxy groups -OCH3 is 1. The fourth-order valence-corrected chi connectivity index (χ4v) is 4.52. The summed E-state index contributed by atoms with van der Waals surface area (Å²) in [6.07, 6.45) is 0.725. The van der Waals surface area contributed by atoms with Gasteiger partial charge < -0.3 is 14.5 Å². The van der Waals surface area contributed by atoms with Crippen molar-refractivity contribution in [1.29, 1.82) is 0 Å². The van der Waals surface area contributed by atoms with Gasteiger partial charge in [0.2, 0.25) is 9.84 Å². The quantitative estimate of drug-likeness (QED) is 0.777. The Morgan fingerprint density at radius 2 is 2.04 bits per heavy atom. The number of ether oxygens (including phenoxy) is 1. The van der Waals surface area contributed by atoms with E-state index in [1.807, 2.05) is 0 Å². The van der Waals surface area contributed by atoms with Crippen LogP contribution in [0.3, 0.4) is 0 Å². The fourth-order valence-electron chi connectivity index (χ4n) is 3.15. The van der Waals surface area contributed by atoms with E-state index in [4.69, 9.17) is 9.15 Å². The number of halogens is 1. The zero-order chi connectivity index (χ0) is 17.6. The Kier molecular flexibility index (Phi) is 3.77. The standard InChI is InChI=1S/C18H16FNO4S/c1-23-16-9-11(25(21,22)17-5-3-2-4-14(17)19)8-12-13-10-20-7-6-15(13)24-18(12)16/h2-5,8-9,20H,6-7,10H2,1H3. The van der Waals surface area contributed by atoms with Crippen LogP contribution in [0.2, 0.25) is 0 Å². The summed E-state index contributed by atoms with van der Waals surface area (Å²) in [7, 11) is -2.56. The minimum Gasteiger partial charge on any atom is -0.493 e. The number of furan rings is 1. The minimum absolute atomic E-state index is 0.0175. The van der Waals surface area contributed by atoms with Gasteiger partial charge in [0, 0.05) is 36.5 Å². The molecule has 25 heavy (non-hydrogen) atoms. The van der Waals surface area contributed by atoms with E-state index in [1.54, 1.807) is 0 Å². The van der Waals surface area contributed by atoms with Crippen molar-refractivity contribution in [3.05, 3.63) is 53.5 Å². The van der Waals surface area contributed by atoms with E-state index in [0.29, 0.717) is 23.3 Å². The van der Waals surface area contributed by atoms with Crippen LogP contribution >= 0.6 is 0 Å². The molecule has 0 bridgehead atoms. The molecule has 1 aliphatic rings. The van der Waals surface area contributed by atoms with Crippen molar-refractivity contribution in [3.63, 3.8) is 0 Å². The lowest BCUT2D eigenvalue weighted by molar-refractivity contribution is 0.404. The summed E-state index contributed by atoms with van der Waals surface area (Å²) in [5, 5.41) is 3.92. The first-order valence-electron chi connectivity index (χ1n) is 7.85. The van der Waals surface area contributed by atoms with Gasteiger partial charge in [-0.25, -0.2) is 12.8 Å². The van der Waals surface area contributed by atoms with Crippen molar-refractivity contribution in [2.75, 3.05) is 13.7 Å². The number of fused-ring (bicyclic) bond motifs is 3. The lowest BCUT2D eigenvalue weighted by Crippen LogP contribution is -2.22. The van der Waals surface area contributed by atoms with Crippen LogP contribution < -0.4 is 10.1 Å². The highest BCUT2D eigenvalue weighted by Gasteiger charge is 2.26. The van der Waals surface area contributed by atoms with Crippen LogP contribution in [0, 0.1) is 5.82 Å². The third-order valence-corrected chi connectivity index (χ3v) is 6.17. The van der Waals surface area contributed by atoms with Gasteiger partial charge >= 0.3 is 0 Å². The normalized spacial score (nSPS) is 14.5. The lowest BCUT2D eigenvalue weighted by Gasteiger charge is -2.11. The maximum absolute atomic E-state index is 14.0. The molecule has 1 aliphatic heterocycles. The van der Waals surface area contributed by atoms with Gasteiger partial charge in [-0.05, 0) is 18.2 Å². The number of benzene rings is 2. The molecule has 0 atom stereocenters. The molecule has 1 N–H and O–H groups in total. The van der Waals surface area contributed by atoms with Gasteiger partial charge in [-0.3, -0.25) is 0 Å². The van der Waals surface area contributed by atoms with Gasteiger partial charge in [-0.1, -0.05) is 12.1 Å². The number of hydrogen-bond donors (Lipinski definition) is 1. The SMILES string of the molecule is COc1cc(S(=O)(=O)c2ccccc2F)cc2c3c(oc12)CCNC3. The second kappa shape index (κ2) is 5.86. The average molecular weight is 361 g/mol. The Hall–Kier alpha value is -2.38. The van der Waals surface area contributed by atoms with Crippen LogP contribution in [0.15, 0.2) is 50.6 Å². The predicted octanol–water partition coefficient (Wildman–Crippen LogP) is 3.06. The largest absolute Gasteiger partial charge is 0.493 e. The summed E-state index contributed by atoms with van der Waals surface area (Å²) in [5.74, 6) is 0.367. The molecule has 0 saturated carbocycles. The van der Waals surface area contributed by atoms with Gasteiger partial charge in [-0.2, -0.15) is 0 Å². The van der Waals surface area contributed by atoms with Gasteiger partial charge in [0.15, 0.2) is 11.3 Å². The Morgan fingerprint density at radius 3 is 2.80 bits per heavy atom.